The van der Waals surface area contributed by atoms with Gasteiger partial charge in [0.2, 0.25) is 0 Å². The van der Waals surface area contributed by atoms with Crippen molar-refractivity contribution in [2.24, 2.45) is 0 Å². The molecule has 0 aliphatic carbocycles. The second kappa shape index (κ2) is 8.05. The van der Waals surface area contributed by atoms with Gasteiger partial charge in [0.25, 0.3) is 17.7 Å². The highest BCUT2D eigenvalue weighted by Crippen LogP contribution is 2.25. The lowest BCUT2D eigenvalue weighted by Crippen LogP contribution is -2.30. The maximum Gasteiger partial charge on any atom is 0.325 e. The second-order valence-electron chi connectivity index (χ2n) is 5.68. The third kappa shape index (κ3) is 4.73. The fraction of sp³-hybridized carbons (Fsp3) is 0.222. The molecule has 3 rings (SSSR count). The lowest BCUT2D eigenvalue weighted by molar-refractivity contribution is -0.144. The summed E-state index contributed by atoms with van der Waals surface area (Å²) in [6.07, 6.45) is 0. The first kappa shape index (κ1) is 18.7. The Kier molecular flexibility index (Phi) is 5.56. The number of furan rings is 1. The Bertz CT molecular complexity index is 962. The van der Waals surface area contributed by atoms with Crippen molar-refractivity contribution in [1.29, 1.82) is 0 Å². The minimum absolute atomic E-state index is 0.139. The minimum atomic E-state index is -0.632. The number of benzene rings is 1. The SMILES string of the molecule is Cc1cc(-c2nnc(COC(=O)CNC(=O)c3ccc(Cl)cc3)o2)c(C)o1. The molecule has 2 aromatic heterocycles. The molecular weight excluding hydrogens is 374 g/mol. The van der Waals surface area contributed by atoms with Crippen LogP contribution in [0.15, 0.2) is 39.2 Å². The molecule has 0 bridgehead atoms. The Balaban J connectivity index is 1.49. The van der Waals surface area contributed by atoms with Gasteiger partial charge in [-0.1, -0.05) is 11.6 Å². The van der Waals surface area contributed by atoms with Crippen LogP contribution in [-0.4, -0.2) is 28.6 Å². The number of ether oxygens (including phenoxy) is 1. The van der Waals surface area contributed by atoms with E-state index < -0.39 is 11.9 Å². The first-order valence-corrected chi connectivity index (χ1v) is 8.39. The molecule has 0 fully saturated rings. The zero-order chi connectivity index (χ0) is 19.4. The third-order valence-electron chi connectivity index (χ3n) is 3.59. The number of nitrogens with one attached hydrogen (secondary N) is 1. The summed E-state index contributed by atoms with van der Waals surface area (Å²) >= 11 is 5.76. The van der Waals surface area contributed by atoms with E-state index in [2.05, 4.69) is 15.5 Å². The Labute approximate surface area is 159 Å². The van der Waals surface area contributed by atoms with Gasteiger partial charge >= 0.3 is 5.97 Å². The number of nitrogens with zero attached hydrogens (tertiary/aromatic N) is 2. The van der Waals surface area contributed by atoms with Crippen molar-refractivity contribution in [2.45, 2.75) is 20.5 Å². The largest absolute Gasteiger partial charge is 0.466 e. The predicted molar refractivity (Wildman–Crippen MR) is 95.1 cm³/mol. The van der Waals surface area contributed by atoms with Crippen LogP contribution in [0.4, 0.5) is 0 Å². The zero-order valence-electron chi connectivity index (χ0n) is 14.6. The molecule has 1 N–H and O–H groups in total. The Morgan fingerprint density at radius 2 is 1.89 bits per heavy atom. The molecule has 9 heteroatoms. The Hall–Kier alpha value is -3.13. The number of aryl methyl sites for hydroxylation is 2. The number of amides is 1. The summed E-state index contributed by atoms with van der Waals surface area (Å²) in [5.74, 6) is 0.767. The highest BCUT2D eigenvalue weighted by molar-refractivity contribution is 6.30. The van der Waals surface area contributed by atoms with E-state index in [1.54, 1.807) is 37.3 Å². The van der Waals surface area contributed by atoms with Gasteiger partial charge < -0.3 is 18.9 Å². The lowest BCUT2D eigenvalue weighted by atomic mass is 10.2. The molecule has 2 heterocycles. The molecule has 0 atom stereocenters. The van der Waals surface area contributed by atoms with Crippen molar-refractivity contribution in [3.05, 3.63) is 58.3 Å². The minimum Gasteiger partial charge on any atom is -0.466 e. The van der Waals surface area contributed by atoms with E-state index >= 15 is 0 Å². The van der Waals surface area contributed by atoms with Gasteiger partial charge in [0.05, 0.1) is 5.56 Å². The number of aromatic nitrogens is 2. The van der Waals surface area contributed by atoms with Crippen LogP contribution >= 0.6 is 11.6 Å². The van der Waals surface area contributed by atoms with Crippen LogP contribution in [0.25, 0.3) is 11.5 Å². The predicted octanol–water partition coefficient (Wildman–Crippen LogP) is 3.07. The van der Waals surface area contributed by atoms with Crippen molar-refractivity contribution >= 4 is 23.5 Å². The summed E-state index contributed by atoms with van der Waals surface area (Å²) in [6, 6.07) is 8.08. The number of carbonyl (C=O) groups is 2. The van der Waals surface area contributed by atoms with Crippen molar-refractivity contribution in [1.82, 2.24) is 15.5 Å². The quantitative estimate of drug-likeness (QED) is 0.645. The van der Waals surface area contributed by atoms with Crippen molar-refractivity contribution in [3.63, 3.8) is 0 Å². The highest BCUT2D eigenvalue weighted by atomic mass is 35.5. The molecule has 0 spiro atoms. The molecule has 0 aliphatic heterocycles. The first-order valence-electron chi connectivity index (χ1n) is 8.01. The highest BCUT2D eigenvalue weighted by Gasteiger charge is 2.16. The molecule has 27 heavy (non-hydrogen) atoms. The van der Waals surface area contributed by atoms with Gasteiger partial charge in [-0.25, -0.2) is 0 Å². The zero-order valence-corrected chi connectivity index (χ0v) is 15.4. The van der Waals surface area contributed by atoms with E-state index in [9.17, 15) is 9.59 Å². The van der Waals surface area contributed by atoms with Crippen LogP contribution in [0.1, 0.15) is 27.8 Å². The van der Waals surface area contributed by atoms with Gasteiger partial charge in [0.1, 0.15) is 18.1 Å². The molecule has 1 amide bonds. The monoisotopic (exact) mass is 389 g/mol. The smallest absolute Gasteiger partial charge is 0.325 e. The van der Waals surface area contributed by atoms with Crippen LogP contribution in [0.3, 0.4) is 0 Å². The van der Waals surface area contributed by atoms with Gasteiger partial charge in [0.15, 0.2) is 6.61 Å². The Morgan fingerprint density at radius 1 is 1.15 bits per heavy atom. The van der Waals surface area contributed by atoms with Crippen molar-refractivity contribution in [2.75, 3.05) is 6.54 Å². The first-order chi connectivity index (χ1) is 12.9. The summed E-state index contributed by atoms with van der Waals surface area (Å²) in [7, 11) is 0. The van der Waals surface area contributed by atoms with Gasteiger partial charge in [-0.2, -0.15) is 0 Å². The standard InChI is InChI=1S/C18H16ClN3O5/c1-10-7-14(11(2)26-10)18-22-21-15(27-18)9-25-16(23)8-20-17(24)12-3-5-13(19)6-4-12/h3-7H,8-9H2,1-2H3,(H,20,24). The molecule has 8 nitrogen and oxygen atoms in total. The molecule has 1 aromatic carbocycles. The van der Waals surface area contributed by atoms with E-state index in [1.807, 2.05) is 6.92 Å². The van der Waals surface area contributed by atoms with E-state index in [0.29, 0.717) is 21.9 Å². The summed E-state index contributed by atoms with van der Waals surface area (Å²) in [6.45, 7) is 3.12. The summed E-state index contributed by atoms with van der Waals surface area (Å²) < 4.78 is 15.9. The van der Waals surface area contributed by atoms with Gasteiger partial charge in [-0.15, -0.1) is 10.2 Å². The van der Waals surface area contributed by atoms with E-state index in [1.165, 1.54) is 0 Å². The lowest BCUT2D eigenvalue weighted by Gasteiger charge is -2.05. The number of rotatable bonds is 6. The van der Waals surface area contributed by atoms with Crippen LogP contribution < -0.4 is 5.32 Å². The molecule has 140 valence electrons. The molecule has 0 radical (unpaired) electrons. The number of hydrogen-bond acceptors (Lipinski definition) is 7. The van der Waals surface area contributed by atoms with E-state index in [4.69, 9.17) is 25.2 Å². The summed E-state index contributed by atoms with van der Waals surface area (Å²) in [5, 5.41) is 10.7. The maximum atomic E-state index is 11.9. The average Bonchev–Trinajstić information content (AvgIpc) is 3.24. The number of halogens is 1. The topological polar surface area (TPSA) is 107 Å². The van der Waals surface area contributed by atoms with Gasteiger partial charge in [0, 0.05) is 10.6 Å². The third-order valence-corrected chi connectivity index (χ3v) is 3.85. The number of esters is 1. The van der Waals surface area contributed by atoms with Crippen LogP contribution in [0, 0.1) is 13.8 Å². The molecule has 0 aliphatic rings. The normalized spacial score (nSPS) is 10.6. The van der Waals surface area contributed by atoms with Gasteiger partial charge in [-0.05, 0) is 44.2 Å². The second-order valence-corrected chi connectivity index (χ2v) is 6.11. The molecule has 0 saturated heterocycles. The van der Waals surface area contributed by atoms with E-state index in [0.717, 1.165) is 5.76 Å². The van der Waals surface area contributed by atoms with Crippen LogP contribution in [-0.2, 0) is 16.1 Å². The van der Waals surface area contributed by atoms with Crippen molar-refractivity contribution in [3.8, 4) is 11.5 Å². The molecular formula is C18H16ClN3O5. The maximum absolute atomic E-state index is 11.9. The average molecular weight is 390 g/mol. The number of hydrogen-bond donors (Lipinski definition) is 1. The van der Waals surface area contributed by atoms with E-state index in [-0.39, 0.29) is 24.9 Å². The van der Waals surface area contributed by atoms with Crippen molar-refractivity contribution < 1.29 is 23.2 Å². The molecule has 0 saturated carbocycles. The molecule has 0 unspecified atom stereocenters. The number of carbonyl (C=O) groups excluding carboxylic acids is 2. The summed E-state index contributed by atoms with van der Waals surface area (Å²) in [4.78, 5) is 23.7. The fourth-order valence-electron chi connectivity index (χ4n) is 2.31. The Morgan fingerprint density at radius 3 is 2.56 bits per heavy atom. The summed E-state index contributed by atoms with van der Waals surface area (Å²) in [5.41, 5.74) is 1.08. The van der Waals surface area contributed by atoms with Gasteiger partial charge in [-0.3, -0.25) is 9.59 Å². The molecule has 3 aromatic rings. The van der Waals surface area contributed by atoms with Crippen LogP contribution in [0.5, 0.6) is 0 Å². The fourth-order valence-corrected chi connectivity index (χ4v) is 2.44. The van der Waals surface area contributed by atoms with Crippen LogP contribution in [0.2, 0.25) is 5.02 Å².